The molecule has 5 N–H and O–H groups in total. The van der Waals surface area contributed by atoms with E-state index in [0.29, 0.717) is 54.1 Å². The predicted octanol–water partition coefficient (Wildman–Crippen LogP) is 10.5. The predicted molar refractivity (Wildman–Crippen MR) is 283 cm³/mol. The van der Waals surface area contributed by atoms with E-state index >= 15 is 0 Å². The highest BCUT2D eigenvalue weighted by Gasteiger charge is 2.30. The van der Waals surface area contributed by atoms with Crippen molar-refractivity contribution < 1.29 is 28.7 Å². The third-order valence-corrected chi connectivity index (χ3v) is 14.6. The Morgan fingerprint density at radius 1 is 0.521 bits per heavy atom. The molecule has 2 heterocycles. The summed E-state index contributed by atoms with van der Waals surface area (Å²) in [5, 5.41) is 36.6. The van der Waals surface area contributed by atoms with Gasteiger partial charge in [0, 0.05) is 51.5 Å². The Hall–Kier alpha value is -6.24. The standard InChI is InChI=1S/C32H36N8O2S2.C12H15NO2.C9H9BrO2/c41-27(16-19-4-1-8-25(14-19)33-23-10-11-23)35-31-39-37-29(43-31)21-6-3-7-22(18-21)30-38-40-32(44-30)36-28(42)17-20-5-2-9-26(15-20)34-24-12-13-24;1-15-12(14)8-9-3-2-4-11(7-9)13-10-5-6-10;1-12-9(11)6-7-3-2-4-8(10)5-7/h1-2,4-5,8-9,14-15,21-24,33-34H,3,6-7,10-13,16-18H2,(H,35,39,41)(H,36,40,42);2-4,7,10,13H,5-6,8H2,1H3;2-5H,6H2,1H3/t21-,22-;;/m0../s1. The van der Waals surface area contributed by atoms with Crippen molar-refractivity contribution in [1.82, 2.24) is 20.4 Å². The van der Waals surface area contributed by atoms with E-state index in [-0.39, 0.29) is 35.6 Å². The number of nitrogens with zero attached hydrogens (tertiary/aromatic N) is 4. The van der Waals surface area contributed by atoms with E-state index in [1.54, 1.807) is 0 Å². The number of nitrogens with one attached hydrogen (secondary N) is 5. The van der Waals surface area contributed by atoms with Gasteiger partial charge in [-0.25, -0.2) is 0 Å². The van der Waals surface area contributed by atoms with Gasteiger partial charge in [-0.15, -0.1) is 20.4 Å². The van der Waals surface area contributed by atoms with Gasteiger partial charge in [0.05, 0.1) is 39.9 Å². The number of hydrogen-bond donors (Lipinski definition) is 5. The highest BCUT2D eigenvalue weighted by Crippen LogP contribution is 2.43. The Labute approximate surface area is 430 Å². The number of carbonyl (C=O) groups is 4. The molecular weight excluding hydrogens is 1000 g/mol. The van der Waals surface area contributed by atoms with Crippen LogP contribution < -0.4 is 26.6 Å². The molecule has 0 unspecified atom stereocenters. The van der Waals surface area contributed by atoms with Crippen molar-refractivity contribution in [3.05, 3.63) is 134 Å². The summed E-state index contributed by atoms with van der Waals surface area (Å²) >= 11 is 6.24. The molecule has 0 saturated heterocycles. The number of rotatable bonds is 18. The second-order valence-corrected chi connectivity index (χ2v) is 21.3. The van der Waals surface area contributed by atoms with Crippen LogP contribution in [0.5, 0.6) is 0 Å². The monoisotopic (exact) mass is 1060 g/mol. The van der Waals surface area contributed by atoms with Crippen LogP contribution in [0.1, 0.15) is 108 Å². The van der Waals surface area contributed by atoms with Gasteiger partial charge in [-0.1, -0.05) is 93.6 Å². The van der Waals surface area contributed by atoms with Gasteiger partial charge in [0.2, 0.25) is 22.1 Å². The smallest absolute Gasteiger partial charge is 0.309 e. The molecule has 0 aliphatic heterocycles. The number of halogens is 1. The van der Waals surface area contributed by atoms with Gasteiger partial charge in [-0.05, 0) is 129 Å². The van der Waals surface area contributed by atoms with Gasteiger partial charge in [-0.3, -0.25) is 19.2 Å². The lowest BCUT2D eigenvalue weighted by Gasteiger charge is -2.25. The van der Waals surface area contributed by atoms with Crippen LogP contribution in [0, 0.1) is 0 Å². The summed E-state index contributed by atoms with van der Waals surface area (Å²) in [6.07, 6.45) is 12.6. The van der Waals surface area contributed by atoms with Crippen LogP contribution in [-0.2, 0) is 54.3 Å². The summed E-state index contributed by atoms with van der Waals surface area (Å²) < 4.78 is 10.1. The quantitative estimate of drug-likeness (QED) is 0.0510. The molecule has 2 aromatic heterocycles. The summed E-state index contributed by atoms with van der Waals surface area (Å²) in [4.78, 5) is 47.4. The second kappa shape index (κ2) is 25.2. The molecule has 10 rings (SSSR count). The number of esters is 2. The van der Waals surface area contributed by atoms with Crippen LogP contribution in [0.25, 0.3) is 0 Å². The highest BCUT2D eigenvalue weighted by atomic mass is 79.9. The Morgan fingerprint density at radius 3 is 1.28 bits per heavy atom. The Kier molecular flexibility index (Phi) is 18.2. The lowest BCUT2D eigenvalue weighted by molar-refractivity contribution is -0.140. The summed E-state index contributed by atoms with van der Waals surface area (Å²) in [6, 6.07) is 33.4. The first-order chi connectivity index (χ1) is 34.5. The lowest BCUT2D eigenvalue weighted by atomic mass is 9.82. The second-order valence-electron chi connectivity index (χ2n) is 18.4. The normalized spacial score (nSPS) is 16.9. The van der Waals surface area contributed by atoms with E-state index in [1.807, 2.05) is 97.1 Å². The molecule has 18 heteroatoms. The van der Waals surface area contributed by atoms with Crippen LogP contribution in [-0.4, -0.2) is 76.5 Å². The Bertz CT molecular complexity index is 2640. The number of ether oxygens (including phenoxy) is 2. The largest absolute Gasteiger partial charge is 0.469 e. The fourth-order valence-electron chi connectivity index (χ4n) is 8.06. The van der Waals surface area contributed by atoms with Gasteiger partial charge in [0.1, 0.15) is 10.0 Å². The van der Waals surface area contributed by atoms with Crippen molar-refractivity contribution >= 4 is 89.7 Å². The number of benzene rings is 4. The molecule has 0 bridgehead atoms. The van der Waals surface area contributed by atoms with Crippen LogP contribution in [0.4, 0.5) is 27.3 Å². The maximum absolute atomic E-state index is 12.7. The third-order valence-electron chi connectivity index (χ3n) is 12.1. The molecule has 372 valence electrons. The minimum atomic E-state index is -0.215. The number of anilines is 5. The summed E-state index contributed by atoms with van der Waals surface area (Å²) in [5.74, 6) is -0.0968. The SMILES string of the molecule is COC(=O)Cc1cccc(Br)c1.COC(=O)Cc1cccc(NC2CC2)c1.O=C(Cc1cccc(NC2CC2)c1)Nc1nnc([C@H]2CCC[C@H](c3nnc(NC(=O)Cc4cccc(NC5CC5)c4)s3)C2)s1. The molecule has 4 aliphatic carbocycles. The van der Waals surface area contributed by atoms with Crippen molar-refractivity contribution in [3.63, 3.8) is 0 Å². The number of carbonyl (C=O) groups excluding carboxylic acids is 4. The average molecular weight is 1060 g/mol. The van der Waals surface area contributed by atoms with E-state index in [4.69, 9.17) is 0 Å². The lowest BCUT2D eigenvalue weighted by Crippen LogP contribution is -2.14. The van der Waals surface area contributed by atoms with Gasteiger partial charge in [0.15, 0.2) is 0 Å². The van der Waals surface area contributed by atoms with Crippen LogP contribution in [0.2, 0.25) is 0 Å². The van der Waals surface area contributed by atoms with E-state index in [2.05, 4.69) is 72.4 Å². The number of methoxy groups -OCH3 is 2. The summed E-state index contributed by atoms with van der Waals surface area (Å²) in [6.45, 7) is 0. The molecule has 0 spiro atoms. The zero-order valence-corrected chi connectivity index (χ0v) is 43.2. The van der Waals surface area contributed by atoms with Gasteiger partial charge in [0.25, 0.3) is 0 Å². The molecule has 4 fully saturated rings. The zero-order chi connectivity index (χ0) is 49.5. The molecule has 2 amide bonds. The van der Waals surface area contributed by atoms with E-state index in [1.165, 1.54) is 75.4 Å². The maximum Gasteiger partial charge on any atom is 0.309 e. The Morgan fingerprint density at radius 2 is 0.901 bits per heavy atom. The van der Waals surface area contributed by atoms with Crippen molar-refractivity contribution in [2.75, 3.05) is 40.8 Å². The topological polar surface area (TPSA) is 198 Å². The minimum Gasteiger partial charge on any atom is -0.469 e. The molecule has 0 radical (unpaired) electrons. The van der Waals surface area contributed by atoms with Gasteiger partial charge < -0.3 is 36.1 Å². The van der Waals surface area contributed by atoms with Crippen LogP contribution in [0.3, 0.4) is 0 Å². The third kappa shape index (κ3) is 17.2. The minimum absolute atomic E-state index is 0.0936. The first-order valence-electron chi connectivity index (χ1n) is 24.2. The highest BCUT2D eigenvalue weighted by molar-refractivity contribution is 9.10. The first-order valence-corrected chi connectivity index (χ1v) is 26.7. The molecule has 6 aromatic rings. The van der Waals surface area contributed by atoms with Crippen molar-refractivity contribution in [1.29, 1.82) is 0 Å². The zero-order valence-electron chi connectivity index (χ0n) is 40.0. The molecule has 4 aromatic carbocycles. The molecule has 71 heavy (non-hydrogen) atoms. The molecule has 4 aliphatic rings. The molecular formula is C53H60BrN9O6S2. The van der Waals surface area contributed by atoms with Crippen molar-refractivity contribution in [2.24, 2.45) is 0 Å². The summed E-state index contributed by atoms with van der Waals surface area (Å²) in [7, 11) is 2.80. The van der Waals surface area contributed by atoms with Gasteiger partial charge >= 0.3 is 11.9 Å². The molecule has 2 atom stereocenters. The summed E-state index contributed by atoms with van der Waals surface area (Å²) in [5.41, 5.74) is 7.11. The van der Waals surface area contributed by atoms with E-state index in [0.717, 1.165) is 79.5 Å². The number of amides is 2. The average Bonchev–Trinajstić information content (AvgIpc) is 4.33. The van der Waals surface area contributed by atoms with Crippen LogP contribution in [0.15, 0.2) is 102 Å². The van der Waals surface area contributed by atoms with Crippen molar-refractivity contribution in [3.8, 4) is 0 Å². The Balaban J connectivity index is 0.000000203. The maximum atomic E-state index is 12.7. The van der Waals surface area contributed by atoms with Crippen molar-refractivity contribution in [2.45, 2.75) is 120 Å². The van der Waals surface area contributed by atoms with Crippen LogP contribution >= 0.6 is 38.6 Å². The molecule has 15 nitrogen and oxygen atoms in total. The molecule has 4 saturated carbocycles. The first kappa shape index (κ1) is 51.1. The number of hydrogen-bond acceptors (Lipinski definition) is 15. The fraction of sp³-hybridized carbons (Fsp3) is 0.396. The van der Waals surface area contributed by atoms with E-state index in [9.17, 15) is 19.2 Å². The van der Waals surface area contributed by atoms with Gasteiger partial charge in [-0.2, -0.15) is 0 Å². The fourth-order valence-corrected chi connectivity index (χ4v) is 10.3. The van der Waals surface area contributed by atoms with E-state index < -0.39 is 0 Å². The number of aromatic nitrogens is 4.